The predicted octanol–water partition coefficient (Wildman–Crippen LogP) is 6.90. The molecule has 0 saturated carbocycles. The quantitative estimate of drug-likeness (QED) is 0.198. The molecule has 42 heavy (non-hydrogen) atoms. The summed E-state index contributed by atoms with van der Waals surface area (Å²) >= 11 is 0. The van der Waals surface area contributed by atoms with Gasteiger partial charge in [0.1, 0.15) is 41.1 Å². The highest BCUT2D eigenvalue weighted by atomic mass is 19.1. The molecule has 1 N–H and O–H groups in total. The maximum atomic E-state index is 13.8. The molecule has 0 unspecified atom stereocenters. The topological polar surface area (TPSA) is 78.8 Å². The van der Waals surface area contributed by atoms with Crippen LogP contribution in [0, 0.1) is 11.6 Å². The van der Waals surface area contributed by atoms with E-state index in [-0.39, 0.29) is 16.6 Å². The first-order valence-electron chi connectivity index (χ1n) is 13.4. The molecule has 0 aliphatic carbocycles. The van der Waals surface area contributed by atoms with Crippen LogP contribution >= 0.6 is 0 Å². The zero-order valence-corrected chi connectivity index (χ0v) is 23.0. The third-order valence-corrected chi connectivity index (χ3v) is 6.35. The predicted molar refractivity (Wildman–Crippen MR) is 157 cm³/mol. The number of aromatic nitrogens is 1. The fraction of sp³-hybridized carbons (Fsp3) is 0.152. The maximum Gasteiger partial charge on any atom is 0.261 e. The first-order valence-corrected chi connectivity index (χ1v) is 13.4. The number of pyridine rings is 1. The van der Waals surface area contributed by atoms with E-state index in [1.165, 1.54) is 6.20 Å². The molecular formula is C33H28F2N2O5. The number of nitrogens with one attached hydrogen (secondary N) is 1. The molecule has 0 saturated heterocycles. The standard InChI is InChI=1S/C33H28F2N2O5/c1-3-40-27-15-25(16-28(17-27)41-4-2)37-19-30(33(39)36-24-13-22(34)12-23(35)14-24)32(38)29-11-10-26(18-31(29)37)42-20-21-8-6-5-7-9-21/h5-19H,3-4,20H2,1-2H3,(H,36,39). The maximum absolute atomic E-state index is 13.8. The molecule has 0 spiro atoms. The molecular weight excluding hydrogens is 542 g/mol. The number of fused-ring (bicyclic) bond motifs is 1. The molecule has 5 aromatic rings. The average molecular weight is 571 g/mol. The summed E-state index contributed by atoms with van der Waals surface area (Å²) in [7, 11) is 0. The van der Waals surface area contributed by atoms with E-state index >= 15 is 0 Å². The van der Waals surface area contributed by atoms with Crippen LogP contribution < -0.4 is 25.0 Å². The molecule has 214 valence electrons. The fourth-order valence-electron chi connectivity index (χ4n) is 4.53. The Balaban J connectivity index is 1.64. The van der Waals surface area contributed by atoms with Crippen LogP contribution in [0.2, 0.25) is 0 Å². The number of ether oxygens (including phenoxy) is 3. The van der Waals surface area contributed by atoms with E-state index in [0.717, 1.165) is 17.7 Å². The molecule has 7 nitrogen and oxygen atoms in total. The zero-order chi connectivity index (χ0) is 29.6. The number of anilines is 1. The van der Waals surface area contributed by atoms with Gasteiger partial charge in [0.2, 0.25) is 5.43 Å². The Kier molecular flexibility index (Phi) is 8.47. The van der Waals surface area contributed by atoms with Crippen LogP contribution in [0.3, 0.4) is 0 Å². The molecule has 9 heteroatoms. The van der Waals surface area contributed by atoms with Crippen LogP contribution in [0.25, 0.3) is 16.6 Å². The van der Waals surface area contributed by atoms with Gasteiger partial charge in [-0.05, 0) is 43.7 Å². The molecule has 0 aliphatic heterocycles. The van der Waals surface area contributed by atoms with Crippen molar-refractivity contribution in [3.05, 3.63) is 124 Å². The van der Waals surface area contributed by atoms with Gasteiger partial charge in [0.25, 0.3) is 5.91 Å². The van der Waals surface area contributed by atoms with E-state index < -0.39 is 23.0 Å². The highest BCUT2D eigenvalue weighted by Gasteiger charge is 2.19. The van der Waals surface area contributed by atoms with Gasteiger partial charge in [-0.3, -0.25) is 9.59 Å². The van der Waals surface area contributed by atoms with Crippen molar-refractivity contribution < 1.29 is 27.8 Å². The number of benzene rings is 4. The van der Waals surface area contributed by atoms with Crippen molar-refractivity contribution in [3.8, 4) is 22.9 Å². The van der Waals surface area contributed by atoms with Crippen LogP contribution in [-0.4, -0.2) is 23.7 Å². The minimum atomic E-state index is -0.861. The lowest BCUT2D eigenvalue weighted by Crippen LogP contribution is -2.24. The summed E-state index contributed by atoms with van der Waals surface area (Å²) < 4.78 is 46.7. The van der Waals surface area contributed by atoms with Crippen molar-refractivity contribution in [2.75, 3.05) is 18.5 Å². The van der Waals surface area contributed by atoms with Crippen molar-refractivity contribution in [2.24, 2.45) is 0 Å². The molecule has 0 bridgehead atoms. The first kappa shape index (κ1) is 28.4. The Morgan fingerprint density at radius 2 is 1.45 bits per heavy atom. The molecule has 1 aromatic heterocycles. The number of hydrogen-bond donors (Lipinski definition) is 1. The number of carbonyl (C=O) groups is 1. The Hall–Kier alpha value is -5.18. The van der Waals surface area contributed by atoms with Crippen molar-refractivity contribution in [1.29, 1.82) is 0 Å². The summed E-state index contributed by atoms with van der Waals surface area (Å²) in [5.74, 6) is -0.971. The summed E-state index contributed by atoms with van der Waals surface area (Å²) in [4.78, 5) is 26.9. The third kappa shape index (κ3) is 6.41. The zero-order valence-electron chi connectivity index (χ0n) is 23.0. The van der Waals surface area contributed by atoms with Gasteiger partial charge in [-0.15, -0.1) is 0 Å². The molecule has 0 radical (unpaired) electrons. The highest BCUT2D eigenvalue weighted by Crippen LogP contribution is 2.29. The monoisotopic (exact) mass is 570 g/mol. The van der Waals surface area contributed by atoms with Gasteiger partial charge in [-0.25, -0.2) is 8.78 Å². The summed E-state index contributed by atoms with van der Waals surface area (Å²) in [6.45, 7) is 4.85. The van der Waals surface area contributed by atoms with Crippen LogP contribution in [0.4, 0.5) is 14.5 Å². The Labute approximate surface area is 240 Å². The normalized spacial score (nSPS) is 10.9. The number of hydrogen-bond acceptors (Lipinski definition) is 5. The van der Waals surface area contributed by atoms with Crippen molar-refractivity contribution in [3.63, 3.8) is 0 Å². The van der Waals surface area contributed by atoms with E-state index in [0.29, 0.717) is 54.3 Å². The van der Waals surface area contributed by atoms with Crippen molar-refractivity contribution in [2.45, 2.75) is 20.5 Å². The second kappa shape index (κ2) is 12.6. The van der Waals surface area contributed by atoms with E-state index in [1.54, 1.807) is 41.0 Å². The summed E-state index contributed by atoms with van der Waals surface area (Å²) in [5, 5.41) is 2.67. The van der Waals surface area contributed by atoms with Gasteiger partial charge < -0.3 is 24.1 Å². The number of rotatable bonds is 10. The molecule has 1 heterocycles. The first-order chi connectivity index (χ1) is 20.3. The molecule has 1 amide bonds. The molecule has 5 rings (SSSR count). The Morgan fingerprint density at radius 1 is 0.786 bits per heavy atom. The molecule has 4 aromatic carbocycles. The van der Waals surface area contributed by atoms with Crippen molar-refractivity contribution >= 4 is 22.5 Å². The van der Waals surface area contributed by atoms with Crippen LogP contribution in [-0.2, 0) is 6.61 Å². The lowest BCUT2D eigenvalue weighted by Gasteiger charge is -2.17. The second-order valence-corrected chi connectivity index (χ2v) is 9.34. The van der Waals surface area contributed by atoms with Crippen molar-refractivity contribution in [1.82, 2.24) is 4.57 Å². The number of nitrogens with zero attached hydrogens (tertiary/aromatic N) is 1. The molecule has 0 aliphatic rings. The Bertz CT molecular complexity index is 1760. The van der Waals surface area contributed by atoms with E-state index in [2.05, 4.69) is 5.32 Å². The van der Waals surface area contributed by atoms with Gasteiger partial charge in [0.05, 0.1) is 24.4 Å². The van der Waals surface area contributed by atoms with E-state index in [1.807, 2.05) is 44.2 Å². The molecule has 0 fully saturated rings. The van der Waals surface area contributed by atoms with Gasteiger partial charge in [-0.2, -0.15) is 0 Å². The number of halogens is 2. The lowest BCUT2D eigenvalue weighted by atomic mass is 10.1. The highest BCUT2D eigenvalue weighted by molar-refractivity contribution is 6.06. The van der Waals surface area contributed by atoms with Crippen LogP contribution in [0.15, 0.2) is 95.9 Å². The SMILES string of the molecule is CCOc1cc(OCC)cc(-n2cc(C(=O)Nc3cc(F)cc(F)c3)c(=O)c3ccc(OCc4ccccc4)cc32)c1. The van der Waals surface area contributed by atoms with E-state index in [4.69, 9.17) is 14.2 Å². The second-order valence-electron chi connectivity index (χ2n) is 9.34. The lowest BCUT2D eigenvalue weighted by molar-refractivity contribution is 0.102. The number of amides is 1. The molecule has 0 atom stereocenters. The fourth-order valence-corrected chi connectivity index (χ4v) is 4.53. The minimum Gasteiger partial charge on any atom is -0.494 e. The largest absolute Gasteiger partial charge is 0.494 e. The summed E-state index contributed by atoms with van der Waals surface area (Å²) in [6, 6.07) is 22.5. The van der Waals surface area contributed by atoms with Crippen LogP contribution in [0.1, 0.15) is 29.8 Å². The Morgan fingerprint density at radius 3 is 2.10 bits per heavy atom. The van der Waals surface area contributed by atoms with Gasteiger partial charge >= 0.3 is 0 Å². The van der Waals surface area contributed by atoms with Gasteiger partial charge in [-0.1, -0.05) is 30.3 Å². The van der Waals surface area contributed by atoms with Gasteiger partial charge in [0.15, 0.2) is 0 Å². The van der Waals surface area contributed by atoms with Gasteiger partial charge in [0, 0.05) is 47.6 Å². The summed E-state index contributed by atoms with van der Waals surface area (Å²) in [6.07, 6.45) is 1.39. The van der Waals surface area contributed by atoms with E-state index in [9.17, 15) is 18.4 Å². The van der Waals surface area contributed by atoms with Crippen LogP contribution in [0.5, 0.6) is 17.2 Å². The number of carbonyl (C=O) groups excluding carboxylic acids is 1. The smallest absolute Gasteiger partial charge is 0.261 e. The summed E-state index contributed by atoms with van der Waals surface area (Å²) in [5.41, 5.74) is 1.09. The minimum absolute atomic E-state index is 0.120. The average Bonchev–Trinajstić information content (AvgIpc) is 2.96. The third-order valence-electron chi connectivity index (χ3n) is 6.35.